The van der Waals surface area contributed by atoms with Gasteiger partial charge in [0, 0.05) is 0 Å². The monoisotopic (exact) mass is 512 g/mol. The van der Waals surface area contributed by atoms with E-state index in [4.69, 9.17) is 10.5 Å². The average molecular weight is 512 g/mol. The van der Waals surface area contributed by atoms with Crippen LogP contribution in [0, 0.1) is 90.6 Å². The highest BCUT2D eigenvalue weighted by atomic mass is 14.9. The Kier molecular flexibility index (Phi) is 6.72. The van der Waals surface area contributed by atoms with Gasteiger partial charge in [0.05, 0.1) is 44.0 Å². The molecular weight excluding hydrogens is 508 g/mol. The zero-order valence-electron chi connectivity index (χ0n) is 19.6. The van der Waals surface area contributed by atoms with E-state index < -0.39 is 11.6 Å². The maximum absolute atomic E-state index is 9.88. The highest BCUT2D eigenvalue weighted by Crippen LogP contribution is 2.20. The van der Waals surface area contributed by atoms with Crippen LogP contribution in [0.15, 0.2) is 24.3 Å². The van der Waals surface area contributed by atoms with Crippen LogP contribution in [-0.2, 0) is 0 Å². The lowest BCUT2D eigenvalue weighted by molar-refractivity contribution is 1.06. The summed E-state index contributed by atoms with van der Waals surface area (Å²) in [6, 6.07) is 19.9. The van der Waals surface area contributed by atoms with E-state index in [1.54, 1.807) is 36.4 Å². The Bertz CT molecular complexity index is 2030. The Morgan fingerprint density at radius 3 is 1.00 bits per heavy atom. The molecule has 14 nitrogen and oxygen atoms in total. The molecule has 0 amide bonds. The molecule has 40 heavy (non-hydrogen) atoms. The molecule has 14 heteroatoms. The summed E-state index contributed by atoms with van der Waals surface area (Å²) in [5, 5.41) is 76.1. The first-order chi connectivity index (χ1) is 19.5. The van der Waals surface area contributed by atoms with Crippen molar-refractivity contribution in [2.45, 2.75) is 0 Å². The first-order valence-corrected chi connectivity index (χ1v) is 10.5. The molecule has 0 saturated heterocycles. The fourth-order valence-electron chi connectivity index (χ4n) is 3.59. The Balaban J connectivity index is 2.03. The summed E-state index contributed by atoms with van der Waals surface area (Å²) >= 11 is 0. The van der Waals surface area contributed by atoms with Crippen LogP contribution in [0.3, 0.4) is 0 Å². The number of hydrogen-bond acceptors (Lipinski definition) is 14. The Hall–Kier alpha value is -7.62. The van der Waals surface area contributed by atoms with Gasteiger partial charge >= 0.3 is 0 Å². The smallest absolute Gasteiger partial charge is 0.234 e. The predicted octanol–water partition coefficient (Wildman–Crippen LogP) is -0.115. The number of nitriles is 8. The fourth-order valence-corrected chi connectivity index (χ4v) is 3.59. The van der Waals surface area contributed by atoms with Gasteiger partial charge in [-0.15, -0.1) is 0 Å². The van der Waals surface area contributed by atoms with Crippen LogP contribution >= 0.6 is 0 Å². The molecule has 0 bridgehead atoms. The van der Waals surface area contributed by atoms with E-state index in [0.717, 1.165) is 0 Å². The molecule has 0 fully saturated rings. The molecule has 0 atom stereocenters. The molecule has 0 aliphatic carbocycles. The van der Waals surface area contributed by atoms with Crippen molar-refractivity contribution >= 4 is 22.2 Å². The highest BCUT2D eigenvalue weighted by Gasteiger charge is 2.21. The van der Waals surface area contributed by atoms with Crippen LogP contribution in [0.2, 0.25) is 0 Å². The molecule has 0 radical (unpaired) electrons. The fraction of sp³-hybridized carbons (Fsp3) is 0. The second-order valence-corrected chi connectivity index (χ2v) is 7.31. The minimum absolute atomic E-state index is 0.0503. The zero-order valence-corrected chi connectivity index (χ0v) is 19.6. The molecule has 4 rings (SSSR count). The lowest BCUT2D eigenvalue weighted by atomic mass is 10.0. The van der Waals surface area contributed by atoms with E-state index in [0.29, 0.717) is 0 Å². The van der Waals surface area contributed by atoms with Gasteiger partial charge in [0.1, 0.15) is 48.6 Å². The zero-order chi connectivity index (χ0) is 28.8. The van der Waals surface area contributed by atoms with Crippen molar-refractivity contribution in [3.8, 4) is 48.6 Å². The molecule has 0 aliphatic rings. The van der Waals surface area contributed by atoms with Crippen molar-refractivity contribution in [1.29, 1.82) is 42.1 Å². The van der Waals surface area contributed by atoms with Crippen molar-refractivity contribution in [2.24, 2.45) is 0 Å². The Morgan fingerprint density at radius 2 is 0.750 bits per heavy atom. The second-order valence-electron chi connectivity index (χ2n) is 7.31. The third-order valence-electron chi connectivity index (χ3n) is 5.22. The highest BCUT2D eigenvalue weighted by molar-refractivity contribution is 5.84. The van der Waals surface area contributed by atoms with Gasteiger partial charge < -0.3 is 0 Å². The molecule has 0 aliphatic heterocycles. The normalized spacial score (nSPS) is 11.1. The van der Waals surface area contributed by atoms with Crippen molar-refractivity contribution < 1.29 is 0 Å². The number of aromatic nitrogens is 6. The van der Waals surface area contributed by atoms with Crippen LogP contribution in [-0.4, -0.2) is 29.9 Å². The predicted molar refractivity (Wildman–Crippen MR) is 127 cm³/mol. The van der Waals surface area contributed by atoms with Crippen LogP contribution in [0.4, 0.5) is 0 Å². The average Bonchev–Trinajstić information content (AvgIpc) is 3.01. The number of pyridine rings is 2. The third kappa shape index (κ3) is 4.27. The minimum atomic E-state index is -0.409. The van der Waals surface area contributed by atoms with Crippen LogP contribution in [0.5, 0.6) is 0 Å². The second kappa shape index (κ2) is 10.6. The number of hydrogen-bond donors (Lipinski definition) is 0. The van der Waals surface area contributed by atoms with Crippen molar-refractivity contribution in [3.05, 3.63) is 80.5 Å². The molecule has 0 aromatic carbocycles. The van der Waals surface area contributed by atoms with E-state index in [2.05, 4.69) is 29.9 Å². The summed E-state index contributed by atoms with van der Waals surface area (Å²) in [4.78, 5) is 23.9. The summed E-state index contributed by atoms with van der Waals surface area (Å²) < 4.78 is 0. The molecule has 0 spiro atoms. The van der Waals surface area contributed by atoms with Gasteiger partial charge in [0.15, 0.2) is 22.8 Å². The van der Waals surface area contributed by atoms with Crippen molar-refractivity contribution in [1.82, 2.24) is 29.9 Å². The summed E-state index contributed by atoms with van der Waals surface area (Å²) in [6.45, 7) is 0. The summed E-state index contributed by atoms with van der Waals surface area (Å²) in [5.41, 5.74) is -1.67. The Labute approximate surface area is 223 Å². The largest absolute Gasteiger partial charge is 0.245 e. The summed E-state index contributed by atoms with van der Waals surface area (Å²) in [7, 11) is 0. The first kappa shape index (κ1) is 25.5. The molecule has 4 heterocycles. The van der Waals surface area contributed by atoms with Crippen LogP contribution in [0.25, 0.3) is 22.2 Å². The third-order valence-corrected chi connectivity index (χ3v) is 5.22. The Morgan fingerprint density at radius 1 is 0.425 bits per heavy atom. The number of fused-ring (bicyclic) bond motifs is 1. The van der Waals surface area contributed by atoms with Crippen LogP contribution < -0.4 is 10.7 Å². The molecule has 178 valence electrons. The van der Waals surface area contributed by atoms with Gasteiger partial charge in [-0.05, 0) is 24.3 Å². The van der Waals surface area contributed by atoms with Crippen LogP contribution in [0.1, 0.15) is 45.6 Å². The minimum Gasteiger partial charge on any atom is -0.245 e. The molecule has 0 N–H and O–H groups in total. The van der Waals surface area contributed by atoms with E-state index in [-0.39, 0.29) is 66.8 Å². The lowest BCUT2D eigenvalue weighted by Crippen LogP contribution is -2.18. The standard InChI is InChI=1S/C26H4N14/c27-5-13(25-19(7-29)37-23(11-33)38-20(25)8-30)15-1-3-17-18(35-15)4-2-16(36-17)14(6-28)26-21(9-31)39-24(12-34)40-22(26)10-32/h1-4H/b15-13-,16-14+. The number of rotatable bonds is 2. The summed E-state index contributed by atoms with van der Waals surface area (Å²) in [6.07, 6.45) is 0. The maximum Gasteiger partial charge on any atom is 0.234 e. The summed E-state index contributed by atoms with van der Waals surface area (Å²) in [5.74, 6) is -0.817. The van der Waals surface area contributed by atoms with Crippen molar-refractivity contribution in [2.75, 3.05) is 0 Å². The molecule has 0 unspecified atom stereocenters. The van der Waals surface area contributed by atoms with Gasteiger partial charge in [-0.25, -0.2) is 29.9 Å². The van der Waals surface area contributed by atoms with E-state index in [1.807, 2.05) is 12.1 Å². The molecule has 0 saturated carbocycles. The SMILES string of the molecule is N#C/C(c1c(C#N)nc(C#N)nc1C#N)=c1/ccc2n/c(=C(/C#N)c3c(C#N)nc(C#N)nc3C#N)ccc2n1. The van der Waals surface area contributed by atoms with Gasteiger partial charge in [-0.3, -0.25) is 0 Å². The van der Waals surface area contributed by atoms with E-state index in [9.17, 15) is 31.6 Å². The maximum atomic E-state index is 9.88. The first-order valence-electron chi connectivity index (χ1n) is 10.5. The van der Waals surface area contributed by atoms with E-state index >= 15 is 0 Å². The van der Waals surface area contributed by atoms with Gasteiger partial charge in [0.25, 0.3) is 0 Å². The van der Waals surface area contributed by atoms with Gasteiger partial charge in [-0.2, -0.15) is 42.1 Å². The van der Waals surface area contributed by atoms with Gasteiger partial charge in [-0.1, -0.05) is 0 Å². The van der Waals surface area contributed by atoms with Gasteiger partial charge in [0.2, 0.25) is 11.6 Å². The van der Waals surface area contributed by atoms with E-state index in [1.165, 1.54) is 24.3 Å². The molecular formula is C26H4N14. The quantitative estimate of drug-likeness (QED) is 0.339. The lowest BCUT2D eigenvalue weighted by Gasteiger charge is -2.06. The number of nitrogens with zero attached hydrogens (tertiary/aromatic N) is 14. The molecule has 4 aromatic rings. The topological polar surface area (TPSA) is 268 Å². The van der Waals surface area contributed by atoms with Crippen molar-refractivity contribution in [3.63, 3.8) is 0 Å². The molecule has 4 aromatic heterocycles.